The minimum Gasteiger partial charge on any atom is -0.760 e. The van der Waals surface area contributed by atoms with Crippen molar-refractivity contribution in [2.45, 2.75) is 32.2 Å². The lowest BCUT2D eigenvalue weighted by atomic mass is 9.79. The average Bonchev–Trinajstić information content (AvgIpc) is 1.76. The fraction of sp³-hybridized carbons (Fsp3) is 1.00. The number of nitrogens with one attached hydrogen (secondary N) is 1. The Morgan fingerprint density at radius 1 is 1.70 bits per heavy atom. The molecule has 3 nitrogen and oxygen atoms in total. The maximum atomic E-state index is 10.1. The Morgan fingerprint density at radius 3 is 2.70 bits per heavy atom. The SMILES string of the molecule is CCC1CC(NS(=O)[O-])C1. The van der Waals surface area contributed by atoms with Crippen molar-refractivity contribution in [3.63, 3.8) is 0 Å². The summed E-state index contributed by atoms with van der Waals surface area (Å²) in [6, 6.07) is 0.225. The molecule has 1 saturated carbocycles. The van der Waals surface area contributed by atoms with Crippen LogP contribution in [0.25, 0.3) is 0 Å². The van der Waals surface area contributed by atoms with E-state index in [0.717, 1.165) is 18.8 Å². The summed E-state index contributed by atoms with van der Waals surface area (Å²) in [6.07, 6.45) is 3.21. The van der Waals surface area contributed by atoms with Crippen LogP contribution in [0, 0.1) is 5.92 Å². The highest BCUT2D eigenvalue weighted by Crippen LogP contribution is 2.29. The van der Waals surface area contributed by atoms with Crippen LogP contribution in [0.2, 0.25) is 0 Å². The third-order valence-corrected chi connectivity index (χ3v) is 2.60. The molecule has 0 bridgehead atoms. The largest absolute Gasteiger partial charge is 0.760 e. The van der Waals surface area contributed by atoms with Crippen LogP contribution in [-0.2, 0) is 11.3 Å². The van der Waals surface area contributed by atoms with E-state index in [4.69, 9.17) is 0 Å². The number of hydrogen-bond donors (Lipinski definition) is 1. The molecule has 0 aromatic rings. The van der Waals surface area contributed by atoms with Crippen molar-refractivity contribution in [3.8, 4) is 0 Å². The minimum atomic E-state index is -2.06. The van der Waals surface area contributed by atoms with Gasteiger partial charge < -0.3 is 4.55 Å². The van der Waals surface area contributed by atoms with Crippen LogP contribution in [0.3, 0.4) is 0 Å². The first-order valence-electron chi connectivity index (χ1n) is 3.57. The fourth-order valence-corrected chi connectivity index (χ4v) is 1.77. The Labute approximate surface area is 63.6 Å². The van der Waals surface area contributed by atoms with E-state index in [1.54, 1.807) is 0 Å². The second kappa shape index (κ2) is 3.46. The van der Waals surface area contributed by atoms with Crippen molar-refractivity contribution >= 4 is 11.3 Å². The van der Waals surface area contributed by atoms with E-state index in [1.165, 1.54) is 6.42 Å². The standard InChI is InChI=1S/C6H13NO2S/c1-2-5-3-6(4-5)7-10(8)9/h5-7H,2-4H2,1H3,(H,8,9)/p-1. The monoisotopic (exact) mass is 162 g/mol. The number of rotatable bonds is 3. The Hall–Kier alpha value is 0.0700. The normalized spacial score (nSPS) is 35.0. The zero-order chi connectivity index (χ0) is 7.56. The van der Waals surface area contributed by atoms with Gasteiger partial charge in [-0.25, -0.2) is 4.72 Å². The van der Waals surface area contributed by atoms with Gasteiger partial charge in [0.15, 0.2) is 0 Å². The summed E-state index contributed by atoms with van der Waals surface area (Å²) in [6.45, 7) is 2.13. The lowest BCUT2D eigenvalue weighted by Crippen LogP contribution is -2.41. The van der Waals surface area contributed by atoms with Crippen molar-refractivity contribution in [2.24, 2.45) is 5.92 Å². The summed E-state index contributed by atoms with van der Waals surface area (Å²) in [5, 5.41) is 0. The third-order valence-electron chi connectivity index (χ3n) is 2.08. The molecular weight excluding hydrogens is 150 g/mol. The Morgan fingerprint density at radius 2 is 2.30 bits per heavy atom. The van der Waals surface area contributed by atoms with Gasteiger partial charge in [-0.3, -0.25) is 4.21 Å². The lowest BCUT2D eigenvalue weighted by molar-refractivity contribution is 0.240. The van der Waals surface area contributed by atoms with E-state index in [2.05, 4.69) is 11.6 Å². The lowest BCUT2D eigenvalue weighted by Gasteiger charge is -2.35. The van der Waals surface area contributed by atoms with E-state index in [0.29, 0.717) is 0 Å². The van der Waals surface area contributed by atoms with Gasteiger partial charge in [0.05, 0.1) is 0 Å². The predicted octanol–water partition coefficient (Wildman–Crippen LogP) is 0.559. The molecule has 60 valence electrons. The molecule has 0 spiro atoms. The molecule has 0 amide bonds. The molecule has 10 heavy (non-hydrogen) atoms. The molecule has 1 atom stereocenters. The summed E-state index contributed by atoms with van der Waals surface area (Å²) < 4.78 is 22.6. The highest BCUT2D eigenvalue weighted by atomic mass is 32.2. The molecular formula is C6H12NO2S-. The maximum absolute atomic E-state index is 10.1. The van der Waals surface area contributed by atoms with Gasteiger partial charge in [0, 0.05) is 17.3 Å². The van der Waals surface area contributed by atoms with Crippen molar-refractivity contribution in [1.29, 1.82) is 0 Å². The first-order valence-corrected chi connectivity index (χ1v) is 4.65. The first kappa shape index (κ1) is 8.17. The zero-order valence-corrected chi connectivity index (χ0v) is 6.82. The summed E-state index contributed by atoms with van der Waals surface area (Å²) >= 11 is -2.06. The van der Waals surface area contributed by atoms with Crippen LogP contribution in [0.1, 0.15) is 26.2 Å². The highest BCUT2D eigenvalue weighted by Gasteiger charge is 2.26. The van der Waals surface area contributed by atoms with Crippen LogP contribution in [0.4, 0.5) is 0 Å². The summed E-state index contributed by atoms with van der Waals surface area (Å²) in [5.41, 5.74) is 0. The van der Waals surface area contributed by atoms with Crippen LogP contribution >= 0.6 is 0 Å². The molecule has 4 heteroatoms. The van der Waals surface area contributed by atoms with Gasteiger partial charge in [-0.1, -0.05) is 13.3 Å². The Kier molecular flexibility index (Phi) is 2.82. The molecule has 0 aromatic heterocycles. The van der Waals surface area contributed by atoms with Gasteiger partial charge in [0.1, 0.15) is 0 Å². The molecule has 0 radical (unpaired) electrons. The van der Waals surface area contributed by atoms with E-state index >= 15 is 0 Å². The van der Waals surface area contributed by atoms with Gasteiger partial charge in [0.2, 0.25) is 0 Å². The van der Waals surface area contributed by atoms with Gasteiger partial charge in [-0.05, 0) is 18.8 Å². The molecule has 1 fully saturated rings. The average molecular weight is 162 g/mol. The van der Waals surface area contributed by atoms with Crippen LogP contribution in [-0.4, -0.2) is 14.8 Å². The zero-order valence-electron chi connectivity index (χ0n) is 6.00. The highest BCUT2D eigenvalue weighted by molar-refractivity contribution is 7.77. The smallest absolute Gasteiger partial charge is 0.0189 e. The molecule has 0 aliphatic heterocycles. The van der Waals surface area contributed by atoms with Crippen LogP contribution < -0.4 is 4.72 Å². The molecule has 1 aliphatic carbocycles. The molecule has 0 aromatic carbocycles. The number of hydrogen-bond acceptors (Lipinski definition) is 2. The van der Waals surface area contributed by atoms with Gasteiger partial charge in [-0.15, -0.1) is 0 Å². The molecule has 1 unspecified atom stereocenters. The van der Waals surface area contributed by atoms with E-state index < -0.39 is 11.3 Å². The molecule has 1 rings (SSSR count). The van der Waals surface area contributed by atoms with Crippen LogP contribution in [0.15, 0.2) is 0 Å². The van der Waals surface area contributed by atoms with Gasteiger partial charge >= 0.3 is 0 Å². The molecule has 0 heterocycles. The third kappa shape index (κ3) is 2.04. The Balaban J connectivity index is 2.08. The second-order valence-electron chi connectivity index (χ2n) is 2.80. The minimum absolute atomic E-state index is 0.225. The van der Waals surface area contributed by atoms with E-state index in [9.17, 15) is 8.76 Å². The summed E-state index contributed by atoms with van der Waals surface area (Å²) in [4.78, 5) is 0. The molecule has 1 aliphatic rings. The summed E-state index contributed by atoms with van der Waals surface area (Å²) in [7, 11) is 0. The topological polar surface area (TPSA) is 52.2 Å². The van der Waals surface area contributed by atoms with Crippen LogP contribution in [0.5, 0.6) is 0 Å². The molecule has 0 saturated heterocycles. The van der Waals surface area contributed by atoms with Crippen molar-refractivity contribution in [2.75, 3.05) is 0 Å². The molecule has 1 N–H and O–H groups in total. The van der Waals surface area contributed by atoms with Crippen molar-refractivity contribution in [3.05, 3.63) is 0 Å². The fourth-order valence-electron chi connectivity index (χ4n) is 1.30. The maximum Gasteiger partial charge on any atom is 0.0189 e. The second-order valence-corrected chi connectivity index (χ2v) is 3.50. The summed E-state index contributed by atoms with van der Waals surface area (Å²) in [5.74, 6) is 0.751. The van der Waals surface area contributed by atoms with Crippen molar-refractivity contribution in [1.82, 2.24) is 4.72 Å². The van der Waals surface area contributed by atoms with Gasteiger partial charge in [-0.2, -0.15) is 0 Å². The van der Waals surface area contributed by atoms with Gasteiger partial charge in [0.25, 0.3) is 0 Å². The van der Waals surface area contributed by atoms with E-state index in [-0.39, 0.29) is 6.04 Å². The van der Waals surface area contributed by atoms with E-state index in [1.807, 2.05) is 0 Å². The predicted molar refractivity (Wildman–Crippen MR) is 38.9 cm³/mol. The van der Waals surface area contributed by atoms with Crippen molar-refractivity contribution < 1.29 is 8.76 Å². The quantitative estimate of drug-likeness (QED) is 0.616. The first-order chi connectivity index (χ1) is 4.72. The Bertz CT molecular complexity index is 134.